The second kappa shape index (κ2) is 9.89. The predicted molar refractivity (Wildman–Crippen MR) is 144 cm³/mol. The van der Waals surface area contributed by atoms with Crippen LogP contribution in [0.3, 0.4) is 0 Å². The number of ketones is 1. The van der Waals surface area contributed by atoms with Gasteiger partial charge < -0.3 is 18.6 Å². The van der Waals surface area contributed by atoms with Gasteiger partial charge in [-0.05, 0) is 61.8 Å². The van der Waals surface area contributed by atoms with Crippen molar-refractivity contribution in [1.29, 1.82) is 0 Å². The third kappa shape index (κ3) is 4.10. The lowest BCUT2D eigenvalue weighted by molar-refractivity contribution is -0.162. The first-order valence-electron chi connectivity index (χ1n) is 14.0. The maximum absolute atomic E-state index is 14.1. The molecule has 0 spiro atoms. The molecule has 5 rings (SSSR count). The molecule has 1 saturated carbocycles. The number of hydrogen-bond acceptors (Lipinski definition) is 8. The van der Waals surface area contributed by atoms with Crippen LogP contribution in [0.4, 0.5) is 0 Å². The van der Waals surface area contributed by atoms with E-state index in [-0.39, 0.29) is 36.9 Å². The lowest BCUT2D eigenvalue weighted by Gasteiger charge is -2.53. The maximum Gasteiger partial charge on any atom is 0.333 e. The van der Waals surface area contributed by atoms with Crippen molar-refractivity contribution in [3.63, 3.8) is 0 Å². The zero-order valence-electron chi connectivity index (χ0n) is 24.1. The summed E-state index contributed by atoms with van der Waals surface area (Å²) in [6.45, 7) is 9.44. The van der Waals surface area contributed by atoms with Crippen LogP contribution < -0.4 is 0 Å². The van der Waals surface area contributed by atoms with Crippen molar-refractivity contribution in [2.75, 3.05) is 7.11 Å². The van der Waals surface area contributed by atoms with Crippen molar-refractivity contribution < 1.29 is 37.8 Å². The smallest absolute Gasteiger partial charge is 0.333 e. The molecule has 0 amide bonds. The fourth-order valence-electron chi connectivity index (χ4n) is 7.91. The van der Waals surface area contributed by atoms with E-state index in [4.69, 9.17) is 18.6 Å². The zero-order chi connectivity index (χ0) is 29.0. The van der Waals surface area contributed by atoms with Crippen molar-refractivity contribution in [2.45, 2.75) is 78.9 Å². The monoisotopic (exact) mass is 550 g/mol. The van der Waals surface area contributed by atoms with Crippen LogP contribution in [0.15, 0.2) is 58.0 Å². The van der Waals surface area contributed by atoms with Crippen LogP contribution in [0, 0.1) is 28.1 Å². The molecule has 0 radical (unpaired) electrons. The highest BCUT2D eigenvalue weighted by molar-refractivity contribution is 5.91. The Bertz CT molecular complexity index is 1330. The molecule has 2 bridgehead atoms. The molecule has 1 aromatic rings. The number of hydrogen-bond donors (Lipinski definition) is 0. The Labute approximate surface area is 234 Å². The molecule has 1 aliphatic heterocycles. The molecule has 0 aromatic carbocycles. The van der Waals surface area contributed by atoms with Gasteiger partial charge in [0.2, 0.25) is 0 Å². The summed E-state index contributed by atoms with van der Waals surface area (Å²) in [5, 5.41) is 0. The van der Waals surface area contributed by atoms with Gasteiger partial charge in [0.1, 0.15) is 18.0 Å². The molecule has 7 unspecified atom stereocenters. The van der Waals surface area contributed by atoms with Crippen LogP contribution in [0.25, 0.3) is 0 Å². The van der Waals surface area contributed by atoms with E-state index in [0.29, 0.717) is 18.4 Å². The molecule has 8 nitrogen and oxygen atoms in total. The van der Waals surface area contributed by atoms with Crippen molar-refractivity contribution in [3.8, 4) is 0 Å². The fraction of sp³-hybridized carbons (Fsp3) is 0.562. The van der Waals surface area contributed by atoms with Gasteiger partial charge in [0.25, 0.3) is 0 Å². The Morgan fingerprint density at radius 3 is 2.60 bits per heavy atom. The number of rotatable bonds is 5. The van der Waals surface area contributed by atoms with Gasteiger partial charge in [-0.3, -0.25) is 14.4 Å². The van der Waals surface area contributed by atoms with Gasteiger partial charge in [-0.2, -0.15) is 0 Å². The van der Waals surface area contributed by atoms with E-state index < -0.39 is 46.3 Å². The SMILES string of the molecule is CC=C(C)C(=O)OC1C=CC2=C3CC(=O)OC(c4ccoc4)C3(C)CCC2C2(C)C(=O)CC1(C)C2CC(=O)OC. The third-order valence-corrected chi connectivity index (χ3v) is 10.4. The first kappa shape index (κ1) is 28.1. The van der Waals surface area contributed by atoms with Crippen LogP contribution in [0.5, 0.6) is 0 Å². The largest absolute Gasteiger partial charge is 0.472 e. The van der Waals surface area contributed by atoms with Crippen LogP contribution in [0.2, 0.25) is 0 Å². The Hall–Kier alpha value is -3.42. The number of furan rings is 1. The predicted octanol–water partition coefficient (Wildman–Crippen LogP) is 5.59. The molecule has 1 saturated heterocycles. The molecule has 3 aliphatic carbocycles. The summed E-state index contributed by atoms with van der Waals surface area (Å²) in [7, 11) is 1.34. The Morgan fingerprint density at radius 2 is 1.95 bits per heavy atom. The average molecular weight is 551 g/mol. The molecular weight excluding hydrogens is 512 g/mol. The van der Waals surface area contributed by atoms with Gasteiger partial charge in [-0.25, -0.2) is 4.79 Å². The summed E-state index contributed by atoms with van der Waals surface area (Å²) in [5.41, 5.74) is 0.816. The Kier molecular flexibility index (Phi) is 6.95. The minimum absolute atomic E-state index is 0.0236. The van der Waals surface area contributed by atoms with Gasteiger partial charge in [0, 0.05) is 40.2 Å². The first-order valence-corrected chi connectivity index (χ1v) is 14.0. The Balaban J connectivity index is 1.72. The molecule has 40 heavy (non-hydrogen) atoms. The van der Waals surface area contributed by atoms with E-state index in [0.717, 1.165) is 16.7 Å². The average Bonchev–Trinajstić information content (AvgIpc) is 3.52. The van der Waals surface area contributed by atoms with Crippen molar-refractivity contribution in [2.24, 2.45) is 28.1 Å². The summed E-state index contributed by atoms with van der Waals surface area (Å²) in [6.07, 6.45) is 9.05. The number of fused-ring (bicyclic) bond motifs is 5. The molecular formula is C32H38O8. The van der Waals surface area contributed by atoms with Crippen molar-refractivity contribution in [3.05, 3.63) is 59.1 Å². The van der Waals surface area contributed by atoms with E-state index in [1.165, 1.54) is 7.11 Å². The second-order valence-electron chi connectivity index (χ2n) is 12.4. The van der Waals surface area contributed by atoms with E-state index in [2.05, 4.69) is 6.92 Å². The number of ether oxygens (including phenoxy) is 3. The molecule has 4 aliphatic rings. The lowest BCUT2D eigenvalue weighted by Crippen LogP contribution is -2.50. The number of carbonyl (C=O) groups is 4. The molecule has 2 heterocycles. The van der Waals surface area contributed by atoms with Crippen LogP contribution in [0.1, 0.15) is 78.4 Å². The normalized spacial score (nSPS) is 37.2. The van der Waals surface area contributed by atoms with Crippen molar-refractivity contribution in [1.82, 2.24) is 0 Å². The minimum atomic E-state index is -0.926. The van der Waals surface area contributed by atoms with Gasteiger partial charge >= 0.3 is 17.9 Å². The summed E-state index contributed by atoms with van der Waals surface area (Å²) >= 11 is 0. The topological polar surface area (TPSA) is 109 Å². The molecule has 214 valence electrons. The first-order chi connectivity index (χ1) is 18.9. The summed E-state index contributed by atoms with van der Waals surface area (Å²) < 4.78 is 22.4. The van der Waals surface area contributed by atoms with Gasteiger partial charge in [0.05, 0.1) is 26.1 Å². The highest BCUT2D eigenvalue weighted by Gasteiger charge is 2.66. The highest BCUT2D eigenvalue weighted by Crippen LogP contribution is 2.66. The van der Waals surface area contributed by atoms with Crippen LogP contribution in [-0.2, 0) is 33.4 Å². The molecule has 7 atom stereocenters. The minimum Gasteiger partial charge on any atom is -0.472 e. The van der Waals surface area contributed by atoms with Gasteiger partial charge in [-0.15, -0.1) is 0 Å². The highest BCUT2D eigenvalue weighted by atomic mass is 16.6. The summed E-state index contributed by atoms with van der Waals surface area (Å²) in [5.74, 6) is -1.85. The number of allylic oxidation sites excluding steroid dienone is 3. The van der Waals surface area contributed by atoms with E-state index in [1.807, 2.05) is 32.1 Å². The number of esters is 3. The zero-order valence-corrected chi connectivity index (χ0v) is 24.1. The molecule has 2 fully saturated rings. The Morgan fingerprint density at radius 1 is 1.20 bits per heavy atom. The standard InChI is InChI=1S/C32H38O8/c1-7-18(2)29(36)39-25-9-8-20-21(32(5)23(15-26(34)37-6)31(25,4)16-24(32)33)10-12-30(3)22(20)14-27(35)40-28(30)19-11-13-38-17-19/h7-9,11,13,17,21,23,25,28H,10,12,14-16H2,1-6H3. The fourth-order valence-corrected chi connectivity index (χ4v) is 7.91. The maximum atomic E-state index is 14.1. The summed E-state index contributed by atoms with van der Waals surface area (Å²) in [4.78, 5) is 52.9. The second-order valence-corrected chi connectivity index (χ2v) is 12.4. The third-order valence-electron chi connectivity index (χ3n) is 10.4. The summed E-state index contributed by atoms with van der Waals surface area (Å²) in [6, 6.07) is 1.82. The quantitative estimate of drug-likeness (QED) is 0.265. The number of Topliss-reactive ketones (excluding diaryl/α,β-unsaturated/α-hetero) is 1. The van der Waals surface area contributed by atoms with E-state index in [1.54, 1.807) is 32.4 Å². The lowest BCUT2D eigenvalue weighted by atomic mass is 9.52. The van der Waals surface area contributed by atoms with E-state index >= 15 is 0 Å². The van der Waals surface area contributed by atoms with Crippen LogP contribution in [-0.4, -0.2) is 36.9 Å². The molecule has 1 aromatic heterocycles. The van der Waals surface area contributed by atoms with Crippen molar-refractivity contribution >= 4 is 23.7 Å². The van der Waals surface area contributed by atoms with Gasteiger partial charge in [0.15, 0.2) is 0 Å². The van der Waals surface area contributed by atoms with Gasteiger partial charge in [-0.1, -0.05) is 32.9 Å². The number of cyclic esters (lactones) is 1. The number of carbonyl (C=O) groups excluding carboxylic acids is 4. The van der Waals surface area contributed by atoms with Crippen LogP contribution >= 0.6 is 0 Å². The molecule has 0 N–H and O–H groups in total. The molecule has 8 heteroatoms. The number of methoxy groups -OCH3 is 1. The van der Waals surface area contributed by atoms with E-state index in [9.17, 15) is 19.2 Å².